The van der Waals surface area contributed by atoms with Gasteiger partial charge in [0.15, 0.2) is 0 Å². The molecule has 0 amide bonds. The molecule has 0 aromatic heterocycles. The SMILES string of the molecule is O=[N+]([O-])c1cc(Cl)ccc1CNN1CCOCC1. The maximum atomic E-state index is 10.9. The van der Waals surface area contributed by atoms with Gasteiger partial charge in [0.2, 0.25) is 0 Å². The number of halogens is 1. The number of nitro benzene ring substituents is 1. The van der Waals surface area contributed by atoms with Gasteiger partial charge in [-0.3, -0.25) is 15.5 Å². The number of nitrogens with zero attached hydrogens (tertiary/aromatic N) is 2. The Kier molecular flexibility index (Phi) is 4.48. The van der Waals surface area contributed by atoms with Gasteiger partial charge in [-0.15, -0.1) is 0 Å². The minimum Gasteiger partial charge on any atom is -0.379 e. The van der Waals surface area contributed by atoms with Crippen LogP contribution >= 0.6 is 11.6 Å². The number of hydrogen-bond acceptors (Lipinski definition) is 5. The van der Waals surface area contributed by atoms with E-state index < -0.39 is 4.92 Å². The van der Waals surface area contributed by atoms with Crippen LogP contribution in [-0.2, 0) is 11.3 Å². The molecule has 1 aromatic carbocycles. The van der Waals surface area contributed by atoms with Gasteiger partial charge in [0.25, 0.3) is 5.69 Å². The van der Waals surface area contributed by atoms with Gasteiger partial charge in [-0.2, -0.15) is 0 Å². The van der Waals surface area contributed by atoms with Gasteiger partial charge in [0.05, 0.1) is 18.1 Å². The summed E-state index contributed by atoms with van der Waals surface area (Å²) in [6, 6.07) is 4.71. The Morgan fingerprint density at radius 2 is 2.17 bits per heavy atom. The Bertz CT molecular complexity index is 436. The fourth-order valence-corrected chi connectivity index (χ4v) is 1.94. The monoisotopic (exact) mass is 271 g/mol. The lowest BCUT2D eigenvalue weighted by atomic mass is 10.2. The van der Waals surface area contributed by atoms with E-state index in [2.05, 4.69) is 5.43 Å². The highest BCUT2D eigenvalue weighted by atomic mass is 35.5. The van der Waals surface area contributed by atoms with E-state index >= 15 is 0 Å². The quantitative estimate of drug-likeness (QED) is 0.665. The number of rotatable bonds is 4. The molecule has 0 unspecified atom stereocenters. The second-order valence-electron chi connectivity index (χ2n) is 3.96. The molecule has 7 heteroatoms. The van der Waals surface area contributed by atoms with Crippen LogP contribution in [0.25, 0.3) is 0 Å². The lowest BCUT2D eigenvalue weighted by Crippen LogP contribution is -2.45. The van der Waals surface area contributed by atoms with Crippen LogP contribution < -0.4 is 5.43 Å². The van der Waals surface area contributed by atoms with Crippen molar-refractivity contribution in [2.24, 2.45) is 0 Å². The van der Waals surface area contributed by atoms with E-state index in [9.17, 15) is 10.1 Å². The molecule has 2 rings (SSSR count). The molecule has 6 nitrogen and oxygen atoms in total. The zero-order valence-electron chi connectivity index (χ0n) is 9.76. The van der Waals surface area contributed by atoms with Crippen molar-refractivity contribution in [2.75, 3.05) is 26.3 Å². The number of benzene rings is 1. The number of hydrazine groups is 1. The zero-order valence-corrected chi connectivity index (χ0v) is 10.5. The first-order valence-corrected chi connectivity index (χ1v) is 6.03. The second kappa shape index (κ2) is 6.10. The van der Waals surface area contributed by atoms with Crippen molar-refractivity contribution in [3.05, 3.63) is 38.9 Å². The summed E-state index contributed by atoms with van der Waals surface area (Å²) in [5.74, 6) is 0. The minimum atomic E-state index is -0.414. The van der Waals surface area contributed by atoms with Crippen molar-refractivity contribution in [3.8, 4) is 0 Å². The van der Waals surface area contributed by atoms with Gasteiger partial charge in [-0.1, -0.05) is 11.6 Å². The summed E-state index contributed by atoms with van der Waals surface area (Å²) in [4.78, 5) is 10.5. The van der Waals surface area contributed by atoms with Crippen LogP contribution in [0.1, 0.15) is 5.56 Å². The third-order valence-electron chi connectivity index (χ3n) is 2.75. The normalized spacial score (nSPS) is 16.7. The van der Waals surface area contributed by atoms with E-state index in [1.807, 2.05) is 5.01 Å². The van der Waals surface area contributed by atoms with Gasteiger partial charge >= 0.3 is 0 Å². The molecule has 1 aliphatic heterocycles. The summed E-state index contributed by atoms with van der Waals surface area (Å²) >= 11 is 5.76. The summed E-state index contributed by atoms with van der Waals surface area (Å²) in [5, 5.41) is 13.3. The molecule has 1 saturated heterocycles. The standard InChI is InChI=1S/C11H14ClN3O3/c12-10-2-1-9(11(7-10)15(16)17)8-13-14-3-5-18-6-4-14/h1-2,7,13H,3-6,8H2. The lowest BCUT2D eigenvalue weighted by molar-refractivity contribution is -0.385. The Morgan fingerprint density at radius 3 is 2.83 bits per heavy atom. The zero-order chi connectivity index (χ0) is 13.0. The smallest absolute Gasteiger partial charge is 0.275 e. The number of morpholine rings is 1. The first-order chi connectivity index (χ1) is 8.66. The predicted octanol–water partition coefficient (Wildman–Crippen LogP) is 1.58. The van der Waals surface area contributed by atoms with Crippen LogP contribution in [0.2, 0.25) is 5.02 Å². The summed E-state index contributed by atoms with van der Waals surface area (Å²) in [5.41, 5.74) is 3.82. The number of ether oxygens (including phenoxy) is 1. The number of nitrogens with one attached hydrogen (secondary N) is 1. The maximum Gasteiger partial charge on any atom is 0.275 e. The van der Waals surface area contributed by atoms with Gasteiger partial charge in [0, 0.05) is 36.3 Å². The molecule has 1 heterocycles. The Balaban J connectivity index is 2.01. The summed E-state index contributed by atoms with van der Waals surface area (Å²) in [7, 11) is 0. The Labute approximate surface area is 110 Å². The molecule has 0 saturated carbocycles. The van der Waals surface area contributed by atoms with Gasteiger partial charge < -0.3 is 4.74 Å². The topological polar surface area (TPSA) is 67.6 Å². The van der Waals surface area contributed by atoms with E-state index in [1.54, 1.807) is 12.1 Å². The molecular formula is C11H14ClN3O3. The van der Waals surface area contributed by atoms with Crippen molar-refractivity contribution in [1.29, 1.82) is 0 Å². The van der Waals surface area contributed by atoms with Crippen molar-refractivity contribution in [3.63, 3.8) is 0 Å². The molecule has 1 aromatic rings. The van der Waals surface area contributed by atoms with Crippen LogP contribution in [0.4, 0.5) is 5.69 Å². The Hall–Kier alpha value is -1.21. The Morgan fingerprint density at radius 1 is 1.44 bits per heavy atom. The highest BCUT2D eigenvalue weighted by Crippen LogP contribution is 2.23. The fourth-order valence-electron chi connectivity index (χ4n) is 1.77. The van der Waals surface area contributed by atoms with E-state index in [4.69, 9.17) is 16.3 Å². The molecule has 98 valence electrons. The summed E-state index contributed by atoms with van der Waals surface area (Å²) < 4.78 is 5.22. The molecule has 0 radical (unpaired) electrons. The third kappa shape index (κ3) is 3.39. The number of hydrogen-bond donors (Lipinski definition) is 1. The molecule has 0 atom stereocenters. The molecule has 0 aliphatic carbocycles. The van der Waals surface area contributed by atoms with Crippen LogP contribution in [0, 0.1) is 10.1 Å². The summed E-state index contributed by atoms with van der Waals surface area (Å²) in [6.07, 6.45) is 0. The first-order valence-electron chi connectivity index (χ1n) is 5.66. The van der Waals surface area contributed by atoms with E-state index in [0.717, 1.165) is 13.1 Å². The average molecular weight is 272 g/mol. The van der Waals surface area contributed by atoms with Gasteiger partial charge in [-0.25, -0.2) is 5.01 Å². The van der Waals surface area contributed by atoms with Crippen LogP contribution in [0.5, 0.6) is 0 Å². The molecule has 1 aliphatic rings. The first kappa shape index (κ1) is 13.2. The molecule has 1 N–H and O–H groups in total. The summed E-state index contributed by atoms with van der Waals surface area (Å²) in [6.45, 7) is 3.32. The molecule has 0 spiro atoms. The van der Waals surface area contributed by atoms with Crippen molar-refractivity contribution < 1.29 is 9.66 Å². The van der Waals surface area contributed by atoms with Crippen LogP contribution in [-0.4, -0.2) is 36.2 Å². The molecule has 1 fully saturated rings. The largest absolute Gasteiger partial charge is 0.379 e. The molecular weight excluding hydrogens is 258 g/mol. The lowest BCUT2D eigenvalue weighted by Gasteiger charge is -2.27. The second-order valence-corrected chi connectivity index (χ2v) is 4.40. The van der Waals surface area contributed by atoms with E-state index in [0.29, 0.717) is 30.3 Å². The van der Waals surface area contributed by atoms with Crippen LogP contribution in [0.15, 0.2) is 18.2 Å². The number of nitro groups is 1. The van der Waals surface area contributed by atoms with Gasteiger partial charge in [0.1, 0.15) is 0 Å². The van der Waals surface area contributed by atoms with Crippen molar-refractivity contribution in [2.45, 2.75) is 6.54 Å². The average Bonchev–Trinajstić information content (AvgIpc) is 2.38. The van der Waals surface area contributed by atoms with Crippen molar-refractivity contribution >= 4 is 17.3 Å². The van der Waals surface area contributed by atoms with Gasteiger partial charge in [-0.05, 0) is 12.1 Å². The molecule has 0 bridgehead atoms. The predicted molar refractivity (Wildman–Crippen MR) is 67.3 cm³/mol. The minimum absolute atomic E-state index is 0.0447. The maximum absolute atomic E-state index is 10.9. The molecule has 18 heavy (non-hydrogen) atoms. The van der Waals surface area contributed by atoms with Crippen LogP contribution in [0.3, 0.4) is 0 Å². The van der Waals surface area contributed by atoms with E-state index in [-0.39, 0.29) is 5.69 Å². The highest BCUT2D eigenvalue weighted by molar-refractivity contribution is 6.30. The highest BCUT2D eigenvalue weighted by Gasteiger charge is 2.16. The fraction of sp³-hybridized carbons (Fsp3) is 0.455. The van der Waals surface area contributed by atoms with Crippen molar-refractivity contribution in [1.82, 2.24) is 10.4 Å². The van der Waals surface area contributed by atoms with E-state index in [1.165, 1.54) is 6.07 Å². The third-order valence-corrected chi connectivity index (χ3v) is 2.98.